The number of allylic oxidation sites excluding steroid dienone is 2. The van der Waals surface area contributed by atoms with E-state index in [1.165, 1.54) is 70.6 Å². The minimum atomic E-state index is -0.571. The zero-order chi connectivity index (χ0) is 21.0. The van der Waals surface area contributed by atoms with Crippen LogP contribution < -0.4 is 5.32 Å². The van der Waals surface area contributed by atoms with Gasteiger partial charge in [0.25, 0.3) is 0 Å². The Bertz CT molecular complexity index is 418. The van der Waals surface area contributed by atoms with Gasteiger partial charge < -0.3 is 10.1 Å². The van der Waals surface area contributed by atoms with E-state index in [-0.39, 0.29) is 18.0 Å². The van der Waals surface area contributed by atoms with Gasteiger partial charge in [0.05, 0.1) is 6.10 Å². The third kappa shape index (κ3) is 18.1. The van der Waals surface area contributed by atoms with E-state index in [0.29, 0.717) is 6.42 Å². The SMILES string of the molecule is CCCCCCCC/C=C\CCCCCCCC(=O)N[C@@H](C)C(=O)OC(C)C. The molecule has 4 heteroatoms. The van der Waals surface area contributed by atoms with Crippen LogP contribution in [0.2, 0.25) is 0 Å². The largest absolute Gasteiger partial charge is 0.461 e. The van der Waals surface area contributed by atoms with Gasteiger partial charge in [-0.05, 0) is 52.9 Å². The van der Waals surface area contributed by atoms with E-state index in [2.05, 4.69) is 24.4 Å². The smallest absolute Gasteiger partial charge is 0.328 e. The lowest BCUT2D eigenvalue weighted by Crippen LogP contribution is -2.40. The molecule has 0 aliphatic rings. The summed E-state index contributed by atoms with van der Waals surface area (Å²) in [6.45, 7) is 7.53. The molecule has 0 aliphatic heterocycles. The molecular formula is C24H45NO3. The number of nitrogens with one attached hydrogen (secondary N) is 1. The number of rotatable bonds is 18. The van der Waals surface area contributed by atoms with Crippen LogP contribution in [0.15, 0.2) is 12.2 Å². The number of amides is 1. The molecule has 0 rings (SSSR count). The van der Waals surface area contributed by atoms with Gasteiger partial charge in [-0.1, -0.05) is 70.4 Å². The van der Waals surface area contributed by atoms with Crippen molar-refractivity contribution in [3.63, 3.8) is 0 Å². The molecule has 0 radical (unpaired) electrons. The lowest BCUT2D eigenvalue weighted by Gasteiger charge is -2.15. The predicted octanol–water partition coefficient (Wildman–Crippen LogP) is 6.48. The first kappa shape index (κ1) is 26.7. The topological polar surface area (TPSA) is 55.4 Å². The van der Waals surface area contributed by atoms with Crippen LogP contribution in [0.25, 0.3) is 0 Å². The van der Waals surface area contributed by atoms with Crippen LogP contribution >= 0.6 is 0 Å². The molecule has 1 atom stereocenters. The van der Waals surface area contributed by atoms with Crippen molar-refractivity contribution in [3.8, 4) is 0 Å². The second kappa shape index (κ2) is 19.0. The highest BCUT2D eigenvalue weighted by Gasteiger charge is 2.17. The average Bonchev–Trinajstić information content (AvgIpc) is 2.64. The van der Waals surface area contributed by atoms with Crippen LogP contribution in [0.1, 0.15) is 118 Å². The fourth-order valence-corrected chi connectivity index (χ4v) is 3.06. The summed E-state index contributed by atoms with van der Waals surface area (Å²) in [6, 6.07) is -0.571. The van der Waals surface area contributed by atoms with E-state index in [9.17, 15) is 9.59 Å². The molecule has 0 aromatic carbocycles. The van der Waals surface area contributed by atoms with Crippen molar-refractivity contribution in [2.45, 2.75) is 130 Å². The lowest BCUT2D eigenvalue weighted by molar-refractivity contribution is -0.150. The number of unbranched alkanes of at least 4 members (excludes halogenated alkanes) is 11. The van der Waals surface area contributed by atoms with Crippen molar-refractivity contribution in [2.24, 2.45) is 0 Å². The van der Waals surface area contributed by atoms with Crippen molar-refractivity contribution in [3.05, 3.63) is 12.2 Å². The second-order valence-corrected chi connectivity index (χ2v) is 8.11. The average molecular weight is 396 g/mol. The van der Waals surface area contributed by atoms with E-state index >= 15 is 0 Å². The minimum absolute atomic E-state index is 0.0640. The molecule has 0 aromatic heterocycles. The molecule has 0 aliphatic carbocycles. The molecular weight excluding hydrogens is 350 g/mol. The highest BCUT2D eigenvalue weighted by atomic mass is 16.5. The fourth-order valence-electron chi connectivity index (χ4n) is 3.06. The summed E-state index contributed by atoms with van der Waals surface area (Å²) in [5.41, 5.74) is 0. The number of carbonyl (C=O) groups is 2. The molecule has 0 aromatic rings. The standard InChI is InChI=1S/C24H45NO3/c1-5-6-7-8-9-10-11-12-13-14-15-16-17-18-19-20-23(26)25-22(4)24(27)28-21(2)3/h12-13,21-22H,5-11,14-20H2,1-4H3,(H,25,26)/b13-12-/t22-/m0/s1. The predicted molar refractivity (Wildman–Crippen MR) is 118 cm³/mol. The zero-order valence-corrected chi connectivity index (χ0v) is 18.9. The molecule has 0 fully saturated rings. The Kier molecular flexibility index (Phi) is 18.1. The van der Waals surface area contributed by atoms with Crippen LogP contribution in [0.5, 0.6) is 0 Å². The molecule has 0 unspecified atom stereocenters. The number of hydrogen-bond acceptors (Lipinski definition) is 3. The van der Waals surface area contributed by atoms with Crippen LogP contribution in [-0.4, -0.2) is 24.0 Å². The van der Waals surface area contributed by atoms with Crippen molar-refractivity contribution in [2.75, 3.05) is 0 Å². The molecule has 0 bridgehead atoms. The van der Waals surface area contributed by atoms with E-state index in [1.54, 1.807) is 20.8 Å². The van der Waals surface area contributed by atoms with Crippen molar-refractivity contribution >= 4 is 11.9 Å². The summed E-state index contributed by atoms with van der Waals surface area (Å²) in [4.78, 5) is 23.5. The van der Waals surface area contributed by atoms with E-state index in [0.717, 1.165) is 12.8 Å². The van der Waals surface area contributed by atoms with E-state index in [4.69, 9.17) is 4.74 Å². The first-order valence-corrected chi connectivity index (χ1v) is 11.6. The normalized spacial score (nSPS) is 12.5. The van der Waals surface area contributed by atoms with Gasteiger partial charge in [-0.2, -0.15) is 0 Å². The summed E-state index contributed by atoms with van der Waals surface area (Å²) < 4.78 is 5.08. The van der Waals surface area contributed by atoms with E-state index in [1.807, 2.05) is 0 Å². The monoisotopic (exact) mass is 395 g/mol. The Balaban J connectivity index is 3.43. The maximum Gasteiger partial charge on any atom is 0.328 e. The molecule has 164 valence electrons. The maximum atomic E-state index is 11.8. The summed E-state index contributed by atoms with van der Waals surface area (Å²) in [6.07, 6.45) is 21.2. The van der Waals surface area contributed by atoms with Gasteiger partial charge in [0.2, 0.25) is 5.91 Å². The fraction of sp³-hybridized carbons (Fsp3) is 0.833. The van der Waals surface area contributed by atoms with Gasteiger partial charge in [-0.15, -0.1) is 0 Å². The van der Waals surface area contributed by atoms with Crippen LogP contribution in [-0.2, 0) is 14.3 Å². The summed E-state index contributed by atoms with van der Waals surface area (Å²) in [5.74, 6) is -0.432. The Morgan fingerprint density at radius 1 is 0.786 bits per heavy atom. The first-order valence-electron chi connectivity index (χ1n) is 11.6. The van der Waals surface area contributed by atoms with Gasteiger partial charge in [0.15, 0.2) is 0 Å². The van der Waals surface area contributed by atoms with Crippen LogP contribution in [0.3, 0.4) is 0 Å². The molecule has 0 saturated heterocycles. The number of esters is 1. The molecule has 0 heterocycles. The molecule has 28 heavy (non-hydrogen) atoms. The summed E-state index contributed by atoms with van der Waals surface area (Å²) >= 11 is 0. The summed E-state index contributed by atoms with van der Waals surface area (Å²) in [7, 11) is 0. The first-order chi connectivity index (χ1) is 13.5. The maximum absolute atomic E-state index is 11.8. The Morgan fingerprint density at radius 3 is 1.82 bits per heavy atom. The lowest BCUT2D eigenvalue weighted by atomic mass is 10.1. The van der Waals surface area contributed by atoms with Crippen molar-refractivity contribution in [1.29, 1.82) is 0 Å². The van der Waals surface area contributed by atoms with E-state index < -0.39 is 6.04 Å². The quantitative estimate of drug-likeness (QED) is 0.164. The molecule has 4 nitrogen and oxygen atoms in total. The van der Waals surface area contributed by atoms with Crippen molar-refractivity contribution < 1.29 is 14.3 Å². The molecule has 1 N–H and O–H groups in total. The molecule has 1 amide bonds. The summed E-state index contributed by atoms with van der Waals surface area (Å²) in [5, 5.41) is 2.71. The highest BCUT2D eigenvalue weighted by Crippen LogP contribution is 2.10. The number of hydrogen-bond donors (Lipinski definition) is 1. The Labute approximate surface area is 173 Å². The Morgan fingerprint density at radius 2 is 1.29 bits per heavy atom. The van der Waals surface area contributed by atoms with Gasteiger partial charge >= 0.3 is 5.97 Å². The third-order valence-electron chi connectivity index (χ3n) is 4.75. The van der Waals surface area contributed by atoms with Gasteiger partial charge in [0, 0.05) is 6.42 Å². The van der Waals surface area contributed by atoms with Gasteiger partial charge in [-0.25, -0.2) is 4.79 Å². The second-order valence-electron chi connectivity index (χ2n) is 8.11. The zero-order valence-electron chi connectivity index (χ0n) is 18.9. The molecule has 0 saturated carbocycles. The van der Waals surface area contributed by atoms with Crippen molar-refractivity contribution in [1.82, 2.24) is 5.32 Å². The van der Waals surface area contributed by atoms with Crippen LogP contribution in [0.4, 0.5) is 0 Å². The number of carbonyl (C=O) groups excluding carboxylic acids is 2. The Hall–Kier alpha value is -1.32. The minimum Gasteiger partial charge on any atom is -0.461 e. The van der Waals surface area contributed by atoms with Gasteiger partial charge in [0.1, 0.15) is 6.04 Å². The number of ether oxygens (including phenoxy) is 1. The highest BCUT2D eigenvalue weighted by molar-refractivity contribution is 5.84. The molecule has 0 spiro atoms. The van der Waals surface area contributed by atoms with Gasteiger partial charge in [-0.3, -0.25) is 4.79 Å². The van der Waals surface area contributed by atoms with Crippen LogP contribution in [0, 0.1) is 0 Å². The third-order valence-corrected chi connectivity index (χ3v) is 4.75.